The molecule has 0 aliphatic heterocycles. The van der Waals surface area contributed by atoms with Gasteiger partial charge in [-0.1, -0.05) is 42.5 Å². The summed E-state index contributed by atoms with van der Waals surface area (Å²) in [5, 5.41) is 6.67. The van der Waals surface area contributed by atoms with Crippen LogP contribution in [-0.4, -0.2) is 16.9 Å². The fourth-order valence-corrected chi connectivity index (χ4v) is 4.08. The van der Waals surface area contributed by atoms with E-state index in [0.717, 1.165) is 34.8 Å². The summed E-state index contributed by atoms with van der Waals surface area (Å²) in [7, 11) is 0. The van der Waals surface area contributed by atoms with Crippen LogP contribution in [0, 0.1) is 6.92 Å². The number of benzene rings is 2. The molecule has 1 amide bonds. The molecule has 4 heteroatoms. The van der Waals surface area contributed by atoms with E-state index in [1.807, 2.05) is 6.92 Å². The molecule has 1 aliphatic rings. The van der Waals surface area contributed by atoms with Gasteiger partial charge in [0, 0.05) is 17.3 Å². The number of carbonyl (C=O) groups is 1. The largest absolute Gasteiger partial charge is 0.353 e. The predicted octanol–water partition coefficient (Wildman–Crippen LogP) is 4.02. The van der Waals surface area contributed by atoms with Crippen molar-refractivity contribution in [2.75, 3.05) is 0 Å². The molecule has 1 aromatic heterocycles. The molecule has 122 valence electrons. The summed E-state index contributed by atoms with van der Waals surface area (Å²) in [5.74, 6) is 0.126. The molecule has 4 rings (SSSR count). The van der Waals surface area contributed by atoms with Crippen molar-refractivity contribution >= 4 is 28.0 Å². The van der Waals surface area contributed by atoms with E-state index in [-0.39, 0.29) is 5.91 Å². The third-order valence-electron chi connectivity index (χ3n) is 4.42. The minimum absolute atomic E-state index is 0.126. The van der Waals surface area contributed by atoms with E-state index in [2.05, 4.69) is 47.8 Å². The van der Waals surface area contributed by atoms with Crippen LogP contribution in [0.5, 0.6) is 0 Å². The maximum atomic E-state index is 12.0. The van der Waals surface area contributed by atoms with E-state index in [1.165, 1.54) is 16.3 Å². The summed E-state index contributed by atoms with van der Waals surface area (Å²) >= 11 is 1.67. The molecule has 0 saturated heterocycles. The number of nitrogens with zero attached hydrogens (tertiary/aromatic N) is 1. The average molecular weight is 336 g/mol. The predicted molar refractivity (Wildman–Crippen MR) is 98.5 cm³/mol. The quantitative estimate of drug-likeness (QED) is 0.765. The Labute approximate surface area is 145 Å². The molecule has 2 aromatic carbocycles. The summed E-state index contributed by atoms with van der Waals surface area (Å²) in [6, 6.07) is 15.3. The summed E-state index contributed by atoms with van der Waals surface area (Å²) in [6.45, 7) is 2.00. The van der Waals surface area contributed by atoms with Crippen molar-refractivity contribution in [2.24, 2.45) is 0 Å². The first-order chi connectivity index (χ1) is 11.7. The molecule has 3 aromatic rings. The molecule has 0 unspecified atom stereocenters. The van der Waals surface area contributed by atoms with E-state index < -0.39 is 0 Å². The van der Waals surface area contributed by atoms with Gasteiger partial charge >= 0.3 is 0 Å². The third kappa shape index (κ3) is 3.34. The van der Waals surface area contributed by atoms with Crippen LogP contribution in [0.4, 0.5) is 0 Å². The van der Waals surface area contributed by atoms with Gasteiger partial charge in [0.25, 0.3) is 0 Å². The Balaban J connectivity index is 1.54. The maximum absolute atomic E-state index is 12.0. The van der Waals surface area contributed by atoms with Crippen molar-refractivity contribution in [1.29, 1.82) is 0 Å². The van der Waals surface area contributed by atoms with Crippen LogP contribution in [-0.2, 0) is 17.6 Å². The van der Waals surface area contributed by atoms with Gasteiger partial charge in [0.05, 0.1) is 17.1 Å². The lowest BCUT2D eigenvalue weighted by Crippen LogP contribution is -2.26. The number of hydrogen-bond donors (Lipinski definition) is 1. The zero-order valence-electron chi connectivity index (χ0n) is 13.7. The van der Waals surface area contributed by atoms with Gasteiger partial charge in [0.1, 0.15) is 0 Å². The Hall–Kier alpha value is -2.20. The van der Waals surface area contributed by atoms with Gasteiger partial charge in [-0.3, -0.25) is 4.79 Å². The Morgan fingerprint density at radius 3 is 2.83 bits per heavy atom. The second-order valence-corrected chi connectivity index (χ2v) is 7.62. The van der Waals surface area contributed by atoms with Crippen LogP contribution in [0.1, 0.15) is 34.0 Å². The van der Waals surface area contributed by atoms with Crippen molar-refractivity contribution < 1.29 is 4.79 Å². The molecule has 1 heterocycles. The molecule has 1 N–H and O–H groups in total. The summed E-state index contributed by atoms with van der Waals surface area (Å²) in [4.78, 5) is 17.8. The van der Waals surface area contributed by atoms with Gasteiger partial charge in [-0.15, -0.1) is 11.3 Å². The number of amides is 1. The molecule has 24 heavy (non-hydrogen) atoms. The number of thiazole rings is 1. The molecular weight excluding hydrogens is 316 g/mol. The normalized spacial score (nSPS) is 14.0. The van der Waals surface area contributed by atoms with Crippen molar-refractivity contribution in [3.8, 4) is 0 Å². The van der Waals surface area contributed by atoms with E-state index in [9.17, 15) is 4.79 Å². The number of nitrogens with one attached hydrogen (secondary N) is 1. The van der Waals surface area contributed by atoms with Crippen LogP contribution in [0.25, 0.3) is 10.8 Å². The number of rotatable bonds is 5. The van der Waals surface area contributed by atoms with Gasteiger partial charge in [0.2, 0.25) is 5.91 Å². The van der Waals surface area contributed by atoms with Crippen molar-refractivity contribution in [2.45, 2.75) is 38.6 Å². The van der Waals surface area contributed by atoms with Crippen LogP contribution >= 0.6 is 11.3 Å². The Morgan fingerprint density at radius 1 is 1.21 bits per heavy atom. The van der Waals surface area contributed by atoms with Crippen molar-refractivity contribution in [1.82, 2.24) is 10.3 Å². The second-order valence-electron chi connectivity index (χ2n) is 6.45. The molecule has 1 fully saturated rings. The second kappa shape index (κ2) is 6.36. The molecule has 0 atom stereocenters. The van der Waals surface area contributed by atoms with Crippen LogP contribution in [0.2, 0.25) is 0 Å². The summed E-state index contributed by atoms with van der Waals surface area (Å²) < 4.78 is 0. The highest BCUT2D eigenvalue weighted by molar-refractivity contribution is 7.11. The number of carbonyl (C=O) groups excluding carboxylic acids is 1. The third-order valence-corrected chi connectivity index (χ3v) is 5.58. The number of hydrogen-bond acceptors (Lipinski definition) is 3. The first-order valence-electron chi connectivity index (χ1n) is 8.40. The van der Waals surface area contributed by atoms with Crippen molar-refractivity contribution in [3.63, 3.8) is 0 Å². The lowest BCUT2D eigenvalue weighted by Gasteiger charge is -2.04. The van der Waals surface area contributed by atoms with Crippen LogP contribution in [0.3, 0.4) is 0 Å². The average Bonchev–Trinajstić information content (AvgIpc) is 3.31. The van der Waals surface area contributed by atoms with Gasteiger partial charge in [-0.2, -0.15) is 0 Å². The Morgan fingerprint density at radius 2 is 2.00 bits per heavy atom. The van der Waals surface area contributed by atoms with Crippen LogP contribution in [0.15, 0.2) is 42.5 Å². The molecule has 0 spiro atoms. The van der Waals surface area contributed by atoms with E-state index >= 15 is 0 Å². The minimum atomic E-state index is 0.126. The summed E-state index contributed by atoms with van der Waals surface area (Å²) in [5.41, 5.74) is 2.28. The SMILES string of the molecule is Cc1nc(Cc2cccc3ccccc23)sc1CC(=O)NC1CC1. The molecule has 3 nitrogen and oxygen atoms in total. The first kappa shape index (κ1) is 15.3. The molecule has 0 bridgehead atoms. The molecule has 0 radical (unpaired) electrons. The lowest BCUT2D eigenvalue weighted by atomic mass is 10.0. The topological polar surface area (TPSA) is 42.0 Å². The highest BCUT2D eigenvalue weighted by atomic mass is 32.1. The lowest BCUT2D eigenvalue weighted by molar-refractivity contribution is -0.120. The number of aryl methyl sites for hydroxylation is 1. The van der Waals surface area contributed by atoms with E-state index in [1.54, 1.807) is 11.3 Å². The molecular formula is C20H20N2OS. The van der Waals surface area contributed by atoms with Gasteiger partial charge < -0.3 is 5.32 Å². The van der Waals surface area contributed by atoms with E-state index in [4.69, 9.17) is 4.98 Å². The first-order valence-corrected chi connectivity index (χ1v) is 9.22. The minimum Gasteiger partial charge on any atom is -0.353 e. The highest BCUT2D eigenvalue weighted by Crippen LogP contribution is 2.26. The Bertz CT molecular complexity index is 890. The monoisotopic (exact) mass is 336 g/mol. The fraction of sp³-hybridized carbons (Fsp3) is 0.300. The Kier molecular flexibility index (Phi) is 4.07. The number of aromatic nitrogens is 1. The maximum Gasteiger partial charge on any atom is 0.225 e. The van der Waals surface area contributed by atoms with E-state index in [0.29, 0.717) is 12.5 Å². The standard InChI is InChI=1S/C20H20N2OS/c1-13-18(12-19(23)22-16-9-10-16)24-20(21-13)11-15-7-4-6-14-5-2-3-8-17(14)15/h2-8,16H,9-12H2,1H3,(H,22,23). The zero-order chi connectivity index (χ0) is 16.5. The highest BCUT2D eigenvalue weighted by Gasteiger charge is 2.24. The smallest absolute Gasteiger partial charge is 0.225 e. The van der Waals surface area contributed by atoms with Gasteiger partial charge in [-0.05, 0) is 36.1 Å². The van der Waals surface area contributed by atoms with Crippen molar-refractivity contribution in [3.05, 3.63) is 63.6 Å². The molecule has 1 aliphatic carbocycles. The summed E-state index contributed by atoms with van der Waals surface area (Å²) in [6.07, 6.45) is 3.52. The van der Waals surface area contributed by atoms with Gasteiger partial charge in [-0.25, -0.2) is 4.98 Å². The number of fused-ring (bicyclic) bond motifs is 1. The van der Waals surface area contributed by atoms with Gasteiger partial charge in [0.15, 0.2) is 0 Å². The molecule has 1 saturated carbocycles. The van der Waals surface area contributed by atoms with Crippen LogP contribution < -0.4 is 5.32 Å². The zero-order valence-corrected chi connectivity index (χ0v) is 14.5. The fourth-order valence-electron chi connectivity index (χ4n) is 2.99.